The van der Waals surface area contributed by atoms with Crippen molar-refractivity contribution in [3.8, 4) is 5.75 Å². The van der Waals surface area contributed by atoms with Crippen molar-refractivity contribution < 1.29 is 27.5 Å². The molecule has 0 saturated carbocycles. The smallest absolute Gasteiger partial charge is 0.344 e. The molecule has 1 aromatic carbocycles. The molecule has 1 aliphatic heterocycles. The molecule has 0 N–H and O–H groups in total. The number of esters is 1. The summed E-state index contributed by atoms with van der Waals surface area (Å²) < 4.78 is 33.6. The molecule has 1 atom stereocenters. The third kappa shape index (κ3) is 5.95. The van der Waals surface area contributed by atoms with Crippen LogP contribution in [0.5, 0.6) is 5.75 Å². The molecule has 150 valence electrons. The molecular weight excluding hydrogens is 370 g/mol. The third-order valence-electron chi connectivity index (χ3n) is 4.64. The minimum Gasteiger partial charge on any atom is -0.482 e. The van der Waals surface area contributed by atoms with Crippen LogP contribution in [0.2, 0.25) is 0 Å². The molecule has 7 nitrogen and oxygen atoms in total. The van der Waals surface area contributed by atoms with Gasteiger partial charge >= 0.3 is 5.97 Å². The molecule has 0 spiro atoms. The van der Waals surface area contributed by atoms with Crippen LogP contribution >= 0.6 is 0 Å². The maximum Gasteiger partial charge on any atom is 0.344 e. The van der Waals surface area contributed by atoms with Gasteiger partial charge in [0.1, 0.15) is 5.75 Å². The number of carbonyl (C=O) groups excluding carboxylic acids is 2. The van der Waals surface area contributed by atoms with Gasteiger partial charge in [-0.2, -0.15) is 0 Å². The van der Waals surface area contributed by atoms with E-state index in [2.05, 4.69) is 0 Å². The van der Waals surface area contributed by atoms with Crippen LogP contribution in [0.1, 0.15) is 37.3 Å². The van der Waals surface area contributed by atoms with Gasteiger partial charge in [0.05, 0.1) is 11.5 Å². The molecule has 1 aliphatic rings. The van der Waals surface area contributed by atoms with Gasteiger partial charge in [0.25, 0.3) is 5.91 Å². The molecule has 1 fully saturated rings. The van der Waals surface area contributed by atoms with Crippen molar-refractivity contribution in [3.05, 3.63) is 29.3 Å². The van der Waals surface area contributed by atoms with Gasteiger partial charge in [-0.15, -0.1) is 0 Å². The van der Waals surface area contributed by atoms with Crippen molar-refractivity contribution in [2.45, 2.75) is 39.2 Å². The number of rotatable bonds is 7. The van der Waals surface area contributed by atoms with E-state index in [0.717, 1.165) is 11.1 Å². The quantitative estimate of drug-likeness (QED) is 0.651. The number of sulfone groups is 1. The Kier molecular flexibility index (Phi) is 6.86. The highest BCUT2D eigenvalue weighted by Crippen LogP contribution is 2.27. The van der Waals surface area contributed by atoms with Gasteiger partial charge in [-0.1, -0.05) is 26.0 Å². The number of likely N-dealkylation sites (N-methyl/N-ethyl adjacent to an activating group) is 1. The highest BCUT2D eigenvalue weighted by atomic mass is 32.2. The summed E-state index contributed by atoms with van der Waals surface area (Å²) in [4.78, 5) is 25.4. The van der Waals surface area contributed by atoms with Crippen molar-refractivity contribution in [3.63, 3.8) is 0 Å². The standard InChI is InChI=1S/C19H27NO6S/c1-13(2)16-6-5-14(3)9-17(16)25-11-19(22)26-10-18(21)20(4)15-7-8-27(23,24)12-15/h5-6,9,13,15H,7-8,10-12H2,1-4H3/t15-/m0/s1. The van der Waals surface area contributed by atoms with E-state index in [-0.39, 0.29) is 30.1 Å². The first-order valence-electron chi connectivity index (χ1n) is 8.94. The normalized spacial score (nSPS) is 18.3. The Morgan fingerprint density at radius 3 is 2.56 bits per heavy atom. The predicted octanol–water partition coefficient (Wildman–Crippen LogP) is 1.69. The largest absolute Gasteiger partial charge is 0.482 e. The maximum absolute atomic E-state index is 12.1. The number of amides is 1. The lowest BCUT2D eigenvalue weighted by atomic mass is 10.0. The first-order valence-corrected chi connectivity index (χ1v) is 10.8. The molecule has 1 aromatic rings. The van der Waals surface area contributed by atoms with Crippen molar-refractivity contribution in [1.29, 1.82) is 0 Å². The van der Waals surface area contributed by atoms with Gasteiger partial charge in [-0.05, 0) is 36.5 Å². The second kappa shape index (κ2) is 8.73. The molecular formula is C19H27NO6S. The first-order chi connectivity index (χ1) is 12.6. The molecule has 0 bridgehead atoms. The number of hydrogen-bond donors (Lipinski definition) is 0. The van der Waals surface area contributed by atoms with E-state index in [9.17, 15) is 18.0 Å². The van der Waals surface area contributed by atoms with E-state index >= 15 is 0 Å². The van der Waals surface area contributed by atoms with Crippen molar-refractivity contribution in [2.24, 2.45) is 0 Å². The number of aryl methyl sites for hydroxylation is 1. The lowest BCUT2D eigenvalue weighted by Gasteiger charge is -2.23. The average Bonchev–Trinajstić information content (AvgIpc) is 2.96. The molecule has 0 aliphatic carbocycles. The first kappa shape index (κ1) is 21.2. The molecule has 0 unspecified atom stereocenters. The van der Waals surface area contributed by atoms with E-state index < -0.39 is 28.3 Å². The van der Waals surface area contributed by atoms with Crippen LogP contribution in [-0.2, 0) is 24.2 Å². The number of ether oxygens (including phenoxy) is 2. The fourth-order valence-corrected chi connectivity index (χ4v) is 4.72. The summed E-state index contributed by atoms with van der Waals surface area (Å²) >= 11 is 0. The van der Waals surface area contributed by atoms with Gasteiger partial charge in [0.15, 0.2) is 23.1 Å². The molecule has 2 rings (SSSR count). The fourth-order valence-electron chi connectivity index (χ4n) is 2.95. The van der Waals surface area contributed by atoms with Gasteiger partial charge in [0.2, 0.25) is 0 Å². The minimum absolute atomic E-state index is 0.0440. The van der Waals surface area contributed by atoms with Gasteiger partial charge in [-0.25, -0.2) is 13.2 Å². The van der Waals surface area contributed by atoms with Gasteiger partial charge in [-0.3, -0.25) is 4.79 Å². The Labute approximate surface area is 160 Å². The fraction of sp³-hybridized carbons (Fsp3) is 0.579. The van der Waals surface area contributed by atoms with Crippen molar-refractivity contribution in [2.75, 3.05) is 31.8 Å². The SMILES string of the molecule is Cc1ccc(C(C)C)c(OCC(=O)OCC(=O)N(C)[C@H]2CCS(=O)(=O)C2)c1. The van der Waals surface area contributed by atoms with E-state index in [1.54, 1.807) is 0 Å². The summed E-state index contributed by atoms with van der Waals surface area (Å²) in [5.41, 5.74) is 2.01. The van der Waals surface area contributed by atoms with E-state index in [1.807, 2.05) is 39.0 Å². The Balaban J connectivity index is 1.83. The van der Waals surface area contributed by atoms with Gasteiger partial charge in [0, 0.05) is 13.1 Å². The molecule has 1 saturated heterocycles. The van der Waals surface area contributed by atoms with Crippen LogP contribution in [0.25, 0.3) is 0 Å². The summed E-state index contributed by atoms with van der Waals surface area (Å²) in [5.74, 6) is -0.165. The zero-order valence-electron chi connectivity index (χ0n) is 16.2. The van der Waals surface area contributed by atoms with Crippen LogP contribution in [0.3, 0.4) is 0 Å². The number of benzene rings is 1. The number of carbonyl (C=O) groups is 2. The number of nitrogens with zero attached hydrogens (tertiary/aromatic N) is 1. The Morgan fingerprint density at radius 2 is 1.96 bits per heavy atom. The second-order valence-corrected chi connectivity index (χ2v) is 9.44. The molecule has 1 amide bonds. The topological polar surface area (TPSA) is 90.0 Å². The number of hydrogen-bond acceptors (Lipinski definition) is 6. The molecule has 27 heavy (non-hydrogen) atoms. The lowest BCUT2D eigenvalue weighted by molar-refractivity contribution is -0.153. The minimum atomic E-state index is -3.08. The van der Waals surface area contributed by atoms with Crippen LogP contribution < -0.4 is 4.74 Å². The Hall–Kier alpha value is -2.09. The van der Waals surface area contributed by atoms with E-state index in [1.165, 1.54) is 11.9 Å². The summed E-state index contributed by atoms with van der Waals surface area (Å²) in [7, 11) is -1.55. The van der Waals surface area contributed by atoms with E-state index in [0.29, 0.717) is 12.2 Å². The molecule has 0 radical (unpaired) electrons. The molecule has 8 heteroatoms. The Morgan fingerprint density at radius 1 is 1.26 bits per heavy atom. The van der Waals surface area contributed by atoms with Crippen LogP contribution in [0, 0.1) is 6.92 Å². The summed E-state index contributed by atoms with van der Waals surface area (Å²) in [6, 6.07) is 5.45. The van der Waals surface area contributed by atoms with Crippen molar-refractivity contribution in [1.82, 2.24) is 4.90 Å². The predicted molar refractivity (Wildman–Crippen MR) is 102 cm³/mol. The third-order valence-corrected chi connectivity index (χ3v) is 6.39. The van der Waals surface area contributed by atoms with Crippen molar-refractivity contribution >= 4 is 21.7 Å². The summed E-state index contributed by atoms with van der Waals surface area (Å²) in [6.45, 7) is 5.28. The highest BCUT2D eigenvalue weighted by Gasteiger charge is 2.32. The highest BCUT2D eigenvalue weighted by molar-refractivity contribution is 7.91. The summed E-state index contributed by atoms with van der Waals surface area (Å²) in [5, 5.41) is 0. The van der Waals surface area contributed by atoms with Crippen LogP contribution in [0.15, 0.2) is 18.2 Å². The molecule has 0 aromatic heterocycles. The zero-order chi connectivity index (χ0) is 20.2. The average molecular weight is 397 g/mol. The monoisotopic (exact) mass is 397 g/mol. The Bertz CT molecular complexity index is 802. The van der Waals surface area contributed by atoms with E-state index in [4.69, 9.17) is 9.47 Å². The lowest BCUT2D eigenvalue weighted by Crippen LogP contribution is -2.40. The summed E-state index contributed by atoms with van der Waals surface area (Å²) in [6.07, 6.45) is 0.410. The van der Waals surface area contributed by atoms with Gasteiger partial charge < -0.3 is 14.4 Å². The zero-order valence-corrected chi connectivity index (χ0v) is 17.0. The van der Waals surface area contributed by atoms with Crippen LogP contribution in [0.4, 0.5) is 0 Å². The second-order valence-electron chi connectivity index (χ2n) is 7.21. The maximum atomic E-state index is 12.1. The molecule has 1 heterocycles. The van der Waals surface area contributed by atoms with Crippen LogP contribution in [-0.4, -0.2) is 63.0 Å².